The van der Waals surface area contributed by atoms with Crippen molar-refractivity contribution in [1.29, 1.82) is 0 Å². The van der Waals surface area contributed by atoms with E-state index in [0.717, 1.165) is 25.8 Å². The standard InChI is InChI=1S/C17H24N2O3/c1-12(20)18-15-8-9-19(2)16(11-15)10-13-4-6-14(7-5-13)17(21)22-3/h4-7,15-16H,8-11H2,1-3H3,(H,18,20). The lowest BCUT2D eigenvalue weighted by atomic mass is 9.92. The third-order valence-corrected chi connectivity index (χ3v) is 4.26. The van der Waals surface area contributed by atoms with Gasteiger partial charge in [0.15, 0.2) is 0 Å². The fraction of sp³-hybridized carbons (Fsp3) is 0.529. The summed E-state index contributed by atoms with van der Waals surface area (Å²) in [4.78, 5) is 25.0. The van der Waals surface area contributed by atoms with Crippen molar-refractivity contribution in [1.82, 2.24) is 10.2 Å². The molecular weight excluding hydrogens is 280 g/mol. The Morgan fingerprint density at radius 3 is 2.59 bits per heavy atom. The molecule has 1 aromatic carbocycles. The first kappa shape index (κ1) is 16.5. The summed E-state index contributed by atoms with van der Waals surface area (Å²) in [5.74, 6) is -0.275. The zero-order valence-electron chi connectivity index (χ0n) is 13.5. The number of nitrogens with zero attached hydrogens (tertiary/aromatic N) is 1. The molecule has 0 radical (unpaired) electrons. The van der Waals surface area contributed by atoms with E-state index in [2.05, 4.69) is 17.3 Å². The third kappa shape index (κ3) is 4.31. The van der Waals surface area contributed by atoms with Gasteiger partial charge in [-0.05, 0) is 44.0 Å². The summed E-state index contributed by atoms with van der Waals surface area (Å²) in [6.07, 6.45) is 2.86. The van der Waals surface area contributed by atoms with Gasteiger partial charge in [-0.25, -0.2) is 4.79 Å². The van der Waals surface area contributed by atoms with Crippen LogP contribution in [0.1, 0.15) is 35.7 Å². The molecule has 1 fully saturated rings. The molecule has 0 aromatic heterocycles. The van der Waals surface area contributed by atoms with Crippen molar-refractivity contribution in [2.45, 2.75) is 38.3 Å². The van der Waals surface area contributed by atoms with Crippen LogP contribution in [0.5, 0.6) is 0 Å². The van der Waals surface area contributed by atoms with Crippen molar-refractivity contribution in [3.8, 4) is 0 Å². The van der Waals surface area contributed by atoms with Crippen molar-refractivity contribution in [2.24, 2.45) is 0 Å². The van der Waals surface area contributed by atoms with Gasteiger partial charge in [0.25, 0.3) is 0 Å². The molecule has 120 valence electrons. The summed E-state index contributed by atoms with van der Waals surface area (Å²) in [6.45, 7) is 2.55. The van der Waals surface area contributed by atoms with Crippen LogP contribution in [0.2, 0.25) is 0 Å². The monoisotopic (exact) mass is 304 g/mol. The lowest BCUT2D eigenvalue weighted by molar-refractivity contribution is -0.120. The Balaban J connectivity index is 1.98. The van der Waals surface area contributed by atoms with Gasteiger partial charge in [-0.3, -0.25) is 4.79 Å². The van der Waals surface area contributed by atoms with Crippen molar-refractivity contribution in [3.05, 3.63) is 35.4 Å². The molecule has 0 bridgehead atoms. The fourth-order valence-corrected chi connectivity index (χ4v) is 2.99. The molecule has 1 aromatic rings. The third-order valence-electron chi connectivity index (χ3n) is 4.26. The number of nitrogens with one attached hydrogen (secondary N) is 1. The van der Waals surface area contributed by atoms with Gasteiger partial charge in [-0.2, -0.15) is 0 Å². The highest BCUT2D eigenvalue weighted by atomic mass is 16.5. The van der Waals surface area contributed by atoms with Gasteiger partial charge in [0.2, 0.25) is 5.91 Å². The van der Waals surface area contributed by atoms with E-state index in [1.54, 1.807) is 19.1 Å². The maximum absolute atomic E-state index is 11.4. The van der Waals surface area contributed by atoms with E-state index in [0.29, 0.717) is 11.6 Å². The van der Waals surface area contributed by atoms with Gasteiger partial charge in [0, 0.05) is 25.6 Å². The van der Waals surface area contributed by atoms with E-state index < -0.39 is 0 Å². The molecule has 0 spiro atoms. The minimum Gasteiger partial charge on any atom is -0.465 e. The molecule has 0 saturated carbocycles. The Hall–Kier alpha value is -1.88. The number of rotatable bonds is 4. The highest BCUT2D eigenvalue weighted by molar-refractivity contribution is 5.89. The first-order valence-corrected chi connectivity index (χ1v) is 7.64. The summed E-state index contributed by atoms with van der Waals surface area (Å²) in [7, 11) is 3.51. The smallest absolute Gasteiger partial charge is 0.337 e. The SMILES string of the molecule is COC(=O)c1ccc(CC2CC(NC(C)=O)CCN2C)cc1. The second kappa shape index (κ2) is 7.40. The van der Waals surface area contributed by atoms with Gasteiger partial charge in [0.05, 0.1) is 12.7 Å². The number of likely N-dealkylation sites (tertiary alicyclic amines) is 1. The van der Waals surface area contributed by atoms with Gasteiger partial charge >= 0.3 is 5.97 Å². The summed E-state index contributed by atoms with van der Waals surface area (Å²) in [5.41, 5.74) is 1.76. The van der Waals surface area contributed by atoms with Gasteiger partial charge < -0.3 is 15.0 Å². The van der Waals surface area contributed by atoms with Gasteiger partial charge in [-0.15, -0.1) is 0 Å². The molecule has 1 amide bonds. The van der Waals surface area contributed by atoms with Crippen LogP contribution in [-0.4, -0.2) is 49.6 Å². The largest absolute Gasteiger partial charge is 0.465 e. The number of hydrogen-bond donors (Lipinski definition) is 1. The van der Waals surface area contributed by atoms with E-state index in [1.807, 2.05) is 12.1 Å². The molecular formula is C17H24N2O3. The quantitative estimate of drug-likeness (QED) is 0.859. The summed E-state index contributed by atoms with van der Waals surface area (Å²) >= 11 is 0. The molecule has 1 N–H and O–H groups in total. The first-order valence-electron chi connectivity index (χ1n) is 7.64. The van der Waals surface area contributed by atoms with Crippen LogP contribution in [0.15, 0.2) is 24.3 Å². The van der Waals surface area contributed by atoms with Crippen LogP contribution in [0.25, 0.3) is 0 Å². The van der Waals surface area contributed by atoms with E-state index >= 15 is 0 Å². The summed E-state index contributed by atoms with van der Waals surface area (Å²) in [6, 6.07) is 8.21. The Labute approximate surface area is 131 Å². The number of piperidine rings is 1. The molecule has 22 heavy (non-hydrogen) atoms. The van der Waals surface area contributed by atoms with Crippen LogP contribution in [0.4, 0.5) is 0 Å². The lowest BCUT2D eigenvalue weighted by Crippen LogP contribution is -2.48. The van der Waals surface area contributed by atoms with E-state index in [-0.39, 0.29) is 17.9 Å². The number of methoxy groups -OCH3 is 1. The summed E-state index contributed by atoms with van der Waals surface area (Å²) in [5, 5.41) is 3.02. The van der Waals surface area contributed by atoms with E-state index in [4.69, 9.17) is 4.74 Å². The number of esters is 1. The molecule has 2 unspecified atom stereocenters. The average Bonchev–Trinajstić information content (AvgIpc) is 2.50. The second-order valence-electron chi connectivity index (χ2n) is 5.95. The number of carbonyl (C=O) groups excluding carboxylic acids is 2. The zero-order chi connectivity index (χ0) is 16.1. The van der Waals surface area contributed by atoms with E-state index in [9.17, 15) is 9.59 Å². The number of carbonyl (C=O) groups is 2. The second-order valence-corrected chi connectivity index (χ2v) is 5.95. The van der Waals surface area contributed by atoms with Crippen LogP contribution in [0, 0.1) is 0 Å². The Morgan fingerprint density at radius 1 is 1.32 bits per heavy atom. The maximum Gasteiger partial charge on any atom is 0.337 e. The van der Waals surface area contributed by atoms with Crippen molar-refractivity contribution >= 4 is 11.9 Å². The molecule has 5 heteroatoms. The van der Waals surface area contributed by atoms with E-state index in [1.165, 1.54) is 12.7 Å². The molecule has 2 atom stereocenters. The number of ether oxygens (including phenoxy) is 1. The Kier molecular flexibility index (Phi) is 5.55. The highest BCUT2D eigenvalue weighted by Gasteiger charge is 2.26. The van der Waals surface area contributed by atoms with Crippen molar-refractivity contribution < 1.29 is 14.3 Å². The number of likely N-dealkylation sites (N-methyl/N-ethyl adjacent to an activating group) is 1. The predicted molar refractivity (Wildman–Crippen MR) is 84.7 cm³/mol. The Bertz CT molecular complexity index is 527. The van der Waals surface area contributed by atoms with Crippen molar-refractivity contribution in [2.75, 3.05) is 20.7 Å². The van der Waals surface area contributed by atoms with Crippen LogP contribution in [0.3, 0.4) is 0 Å². The molecule has 0 aliphatic carbocycles. The first-order chi connectivity index (χ1) is 10.5. The topological polar surface area (TPSA) is 58.6 Å². The van der Waals surface area contributed by atoms with Crippen LogP contribution < -0.4 is 5.32 Å². The molecule has 1 aliphatic rings. The molecule has 1 heterocycles. The minimum absolute atomic E-state index is 0.0377. The normalized spacial score (nSPS) is 22.1. The fourth-order valence-electron chi connectivity index (χ4n) is 2.99. The minimum atomic E-state index is -0.313. The lowest BCUT2D eigenvalue weighted by Gasteiger charge is -2.37. The molecule has 2 rings (SSSR count). The summed E-state index contributed by atoms with van der Waals surface area (Å²) < 4.78 is 4.71. The number of amides is 1. The highest BCUT2D eigenvalue weighted by Crippen LogP contribution is 2.20. The maximum atomic E-state index is 11.4. The molecule has 1 saturated heterocycles. The zero-order valence-corrected chi connectivity index (χ0v) is 13.5. The predicted octanol–water partition coefficient (Wildman–Crippen LogP) is 1.61. The van der Waals surface area contributed by atoms with Gasteiger partial charge in [0.1, 0.15) is 0 Å². The number of hydrogen-bond acceptors (Lipinski definition) is 4. The number of benzene rings is 1. The van der Waals surface area contributed by atoms with Crippen LogP contribution in [-0.2, 0) is 16.0 Å². The van der Waals surface area contributed by atoms with Crippen molar-refractivity contribution in [3.63, 3.8) is 0 Å². The Morgan fingerprint density at radius 2 is 2.00 bits per heavy atom. The molecule has 5 nitrogen and oxygen atoms in total. The van der Waals surface area contributed by atoms with Crippen LogP contribution >= 0.6 is 0 Å². The van der Waals surface area contributed by atoms with Gasteiger partial charge in [-0.1, -0.05) is 12.1 Å². The molecule has 1 aliphatic heterocycles. The average molecular weight is 304 g/mol.